The number of rotatable bonds is 3. The highest BCUT2D eigenvalue weighted by Crippen LogP contribution is 2.27. The average molecular weight is 365 g/mol. The van der Waals surface area contributed by atoms with Crippen molar-refractivity contribution in [1.29, 1.82) is 0 Å². The summed E-state index contributed by atoms with van der Waals surface area (Å²) in [5.41, 5.74) is 4.34. The first-order valence-corrected chi connectivity index (χ1v) is 8.44. The summed E-state index contributed by atoms with van der Waals surface area (Å²) < 4.78 is 19.6. The number of aryl methyl sites for hydroxylation is 1. The highest BCUT2D eigenvalue weighted by molar-refractivity contribution is 6.33. The first-order valence-electron chi connectivity index (χ1n) is 8.06. The van der Waals surface area contributed by atoms with Crippen LogP contribution in [0.1, 0.15) is 11.1 Å². The summed E-state index contributed by atoms with van der Waals surface area (Å²) in [5, 5.41) is 0.318. The van der Waals surface area contributed by atoms with Crippen LogP contribution in [0.15, 0.2) is 70.1 Å². The van der Waals surface area contributed by atoms with Crippen LogP contribution < -0.4 is 0 Å². The molecule has 0 atom stereocenters. The fraction of sp³-hybridized carbons (Fsp3) is 0.0476. The molecule has 0 amide bonds. The summed E-state index contributed by atoms with van der Waals surface area (Å²) in [6.07, 6.45) is 1.42. The van der Waals surface area contributed by atoms with Crippen LogP contribution in [-0.4, -0.2) is 11.2 Å². The molecule has 26 heavy (non-hydrogen) atoms. The van der Waals surface area contributed by atoms with Crippen molar-refractivity contribution in [2.24, 2.45) is 4.99 Å². The molecule has 0 fully saturated rings. The molecule has 0 radical (unpaired) electrons. The van der Waals surface area contributed by atoms with E-state index in [0.717, 1.165) is 5.56 Å². The first-order chi connectivity index (χ1) is 12.6. The molecule has 4 aromatic rings. The van der Waals surface area contributed by atoms with Crippen molar-refractivity contribution in [2.45, 2.75) is 6.92 Å². The molecule has 0 saturated heterocycles. The number of aliphatic imine (C=N–C) groups is 1. The predicted octanol–water partition coefficient (Wildman–Crippen LogP) is 6.35. The molecule has 0 aliphatic heterocycles. The van der Waals surface area contributed by atoms with E-state index in [1.807, 2.05) is 31.2 Å². The highest BCUT2D eigenvalue weighted by Gasteiger charge is 2.09. The van der Waals surface area contributed by atoms with Crippen molar-refractivity contribution < 1.29 is 8.81 Å². The molecular formula is C21H14ClFN2O. The fourth-order valence-electron chi connectivity index (χ4n) is 2.59. The van der Waals surface area contributed by atoms with E-state index >= 15 is 0 Å². The molecule has 3 aromatic carbocycles. The maximum Gasteiger partial charge on any atom is 0.227 e. The van der Waals surface area contributed by atoms with Gasteiger partial charge >= 0.3 is 0 Å². The number of benzene rings is 3. The quantitative estimate of drug-likeness (QED) is 0.397. The standard InChI is InChI=1S/C21H14ClFN2O/c1-13-5-7-14(8-6-13)21-25-19-11-15(9-10-20(19)26-21)24-12-16-17(22)3-2-4-18(16)23/h2-12H,1H3. The lowest BCUT2D eigenvalue weighted by Gasteiger charge is -1.99. The molecule has 0 spiro atoms. The van der Waals surface area contributed by atoms with Gasteiger partial charge in [-0.2, -0.15) is 0 Å². The molecule has 0 aliphatic carbocycles. The Morgan fingerprint density at radius 3 is 2.65 bits per heavy atom. The summed E-state index contributed by atoms with van der Waals surface area (Å²) in [6, 6.07) is 17.9. The Morgan fingerprint density at radius 1 is 1.08 bits per heavy atom. The molecular weight excluding hydrogens is 351 g/mol. The van der Waals surface area contributed by atoms with E-state index < -0.39 is 5.82 Å². The van der Waals surface area contributed by atoms with Crippen molar-refractivity contribution in [3.63, 3.8) is 0 Å². The van der Waals surface area contributed by atoms with Gasteiger partial charge in [-0.05, 0) is 49.4 Å². The Labute approximate surface area is 154 Å². The minimum absolute atomic E-state index is 0.259. The van der Waals surface area contributed by atoms with Crippen molar-refractivity contribution in [3.8, 4) is 11.5 Å². The van der Waals surface area contributed by atoms with Gasteiger partial charge in [-0.25, -0.2) is 9.37 Å². The molecule has 128 valence electrons. The first kappa shape index (κ1) is 16.5. The number of fused-ring (bicyclic) bond motifs is 1. The molecule has 3 nitrogen and oxygen atoms in total. The van der Waals surface area contributed by atoms with Crippen molar-refractivity contribution in [1.82, 2.24) is 4.98 Å². The summed E-state index contributed by atoms with van der Waals surface area (Å²) in [4.78, 5) is 8.83. The van der Waals surface area contributed by atoms with Crippen LogP contribution in [0.2, 0.25) is 5.02 Å². The van der Waals surface area contributed by atoms with Crippen LogP contribution in [0.25, 0.3) is 22.6 Å². The fourth-order valence-corrected chi connectivity index (χ4v) is 2.80. The summed E-state index contributed by atoms with van der Waals surface area (Å²) in [7, 11) is 0. The molecule has 4 rings (SSSR count). The van der Waals surface area contributed by atoms with Crippen LogP contribution in [0.3, 0.4) is 0 Å². The van der Waals surface area contributed by atoms with Gasteiger partial charge in [-0.3, -0.25) is 4.99 Å². The van der Waals surface area contributed by atoms with Crippen LogP contribution in [-0.2, 0) is 0 Å². The Balaban J connectivity index is 1.67. The molecule has 1 aromatic heterocycles. The number of nitrogens with zero attached hydrogens (tertiary/aromatic N) is 2. The van der Waals surface area contributed by atoms with E-state index in [0.29, 0.717) is 27.7 Å². The maximum atomic E-state index is 13.8. The van der Waals surface area contributed by atoms with Gasteiger partial charge in [0.1, 0.15) is 11.3 Å². The predicted molar refractivity (Wildman–Crippen MR) is 103 cm³/mol. The lowest BCUT2D eigenvalue weighted by molar-refractivity contribution is 0.620. The number of halogens is 2. The minimum atomic E-state index is -0.412. The molecule has 0 aliphatic rings. The summed E-state index contributed by atoms with van der Waals surface area (Å²) >= 11 is 6.01. The number of oxazole rings is 1. The third kappa shape index (κ3) is 3.24. The van der Waals surface area contributed by atoms with Gasteiger partial charge in [0.15, 0.2) is 5.58 Å². The Morgan fingerprint density at radius 2 is 1.88 bits per heavy atom. The smallest absolute Gasteiger partial charge is 0.227 e. The Hall–Kier alpha value is -2.98. The molecule has 0 bridgehead atoms. The summed E-state index contributed by atoms with van der Waals surface area (Å²) in [5.74, 6) is 0.142. The van der Waals surface area contributed by atoms with Gasteiger partial charge in [-0.15, -0.1) is 0 Å². The van der Waals surface area contributed by atoms with Crippen LogP contribution in [0, 0.1) is 12.7 Å². The number of aromatic nitrogens is 1. The number of hydrogen-bond donors (Lipinski definition) is 0. The Kier molecular flexibility index (Phi) is 4.27. The average Bonchev–Trinajstić information content (AvgIpc) is 3.05. The van der Waals surface area contributed by atoms with E-state index in [1.165, 1.54) is 17.8 Å². The lowest BCUT2D eigenvalue weighted by atomic mass is 10.1. The minimum Gasteiger partial charge on any atom is -0.436 e. The lowest BCUT2D eigenvalue weighted by Crippen LogP contribution is -1.88. The van der Waals surface area contributed by atoms with Crippen LogP contribution >= 0.6 is 11.6 Å². The van der Waals surface area contributed by atoms with Gasteiger partial charge in [0, 0.05) is 17.3 Å². The molecule has 0 N–H and O–H groups in total. The van der Waals surface area contributed by atoms with Gasteiger partial charge < -0.3 is 4.42 Å². The van der Waals surface area contributed by atoms with E-state index in [4.69, 9.17) is 16.0 Å². The summed E-state index contributed by atoms with van der Waals surface area (Å²) in [6.45, 7) is 2.03. The third-order valence-electron chi connectivity index (χ3n) is 4.01. The van der Waals surface area contributed by atoms with Crippen molar-refractivity contribution in [2.75, 3.05) is 0 Å². The second kappa shape index (κ2) is 6.73. The molecule has 5 heteroatoms. The van der Waals surface area contributed by atoms with Crippen molar-refractivity contribution in [3.05, 3.63) is 82.6 Å². The second-order valence-corrected chi connectivity index (χ2v) is 6.34. The van der Waals surface area contributed by atoms with E-state index in [1.54, 1.807) is 30.3 Å². The SMILES string of the molecule is Cc1ccc(-c2nc3cc(N=Cc4c(F)cccc4Cl)ccc3o2)cc1. The second-order valence-electron chi connectivity index (χ2n) is 5.93. The van der Waals surface area contributed by atoms with E-state index in [9.17, 15) is 4.39 Å². The van der Waals surface area contributed by atoms with Crippen molar-refractivity contribution >= 4 is 34.6 Å². The van der Waals surface area contributed by atoms with Gasteiger partial charge in [0.25, 0.3) is 0 Å². The van der Waals surface area contributed by atoms with Crippen LogP contribution in [0.4, 0.5) is 10.1 Å². The Bertz CT molecular complexity index is 1100. The topological polar surface area (TPSA) is 38.4 Å². The highest BCUT2D eigenvalue weighted by atomic mass is 35.5. The third-order valence-corrected chi connectivity index (χ3v) is 4.34. The molecule has 0 saturated carbocycles. The zero-order valence-corrected chi connectivity index (χ0v) is 14.7. The molecule has 0 unspecified atom stereocenters. The maximum absolute atomic E-state index is 13.8. The largest absolute Gasteiger partial charge is 0.436 e. The normalized spacial score (nSPS) is 11.5. The molecule has 1 heterocycles. The van der Waals surface area contributed by atoms with Crippen LogP contribution in [0.5, 0.6) is 0 Å². The zero-order valence-electron chi connectivity index (χ0n) is 13.9. The van der Waals surface area contributed by atoms with E-state index in [2.05, 4.69) is 9.98 Å². The zero-order chi connectivity index (χ0) is 18.1. The van der Waals surface area contributed by atoms with E-state index in [-0.39, 0.29) is 5.56 Å². The van der Waals surface area contributed by atoms with Gasteiger partial charge in [0.2, 0.25) is 5.89 Å². The van der Waals surface area contributed by atoms with Gasteiger partial charge in [0.05, 0.1) is 10.7 Å². The number of hydrogen-bond acceptors (Lipinski definition) is 3. The van der Waals surface area contributed by atoms with Gasteiger partial charge in [-0.1, -0.05) is 35.4 Å². The monoisotopic (exact) mass is 364 g/mol.